The summed E-state index contributed by atoms with van der Waals surface area (Å²) in [6, 6.07) is 3.99. The second-order valence-corrected chi connectivity index (χ2v) is 3.75. The molecule has 0 aromatic carbocycles. The minimum Gasteiger partial charge on any atom is -0.374 e. The van der Waals surface area contributed by atoms with Crippen LogP contribution in [0.25, 0.3) is 0 Å². The Labute approximate surface area is 90.0 Å². The van der Waals surface area contributed by atoms with Crippen LogP contribution in [0.15, 0.2) is 18.3 Å². The van der Waals surface area contributed by atoms with Gasteiger partial charge in [-0.1, -0.05) is 6.07 Å². The fourth-order valence-corrected chi connectivity index (χ4v) is 1.63. The Morgan fingerprint density at radius 3 is 3.33 bits per heavy atom. The topological polar surface area (TPSA) is 46.2 Å². The fraction of sp³-hybridized carbons (Fsp3) is 0.545. The van der Waals surface area contributed by atoms with Crippen molar-refractivity contribution < 1.29 is 4.74 Å². The summed E-state index contributed by atoms with van der Waals surface area (Å²) in [7, 11) is 0. The maximum atomic E-state index is 5.59. The van der Waals surface area contributed by atoms with Gasteiger partial charge in [0.25, 0.3) is 0 Å². The lowest BCUT2D eigenvalue weighted by molar-refractivity contribution is 0.0372. The highest BCUT2D eigenvalue weighted by atomic mass is 16.5. The van der Waals surface area contributed by atoms with Gasteiger partial charge in [-0.15, -0.1) is 0 Å². The number of ether oxygens (including phenoxy) is 1. The summed E-state index contributed by atoms with van der Waals surface area (Å²) in [5.74, 6) is 0.951. The standard InChI is InChI=1S/C11H17N3O/c1-9-3-2-4-13-11(9)14-8-10-7-12-5-6-15-10/h2-4,10,12H,5-8H2,1H3,(H,13,14). The number of anilines is 1. The molecule has 0 aliphatic carbocycles. The molecule has 2 rings (SSSR count). The highest BCUT2D eigenvalue weighted by Crippen LogP contribution is 2.09. The van der Waals surface area contributed by atoms with Crippen LogP contribution in [0.5, 0.6) is 0 Å². The van der Waals surface area contributed by atoms with Gasteiger partial charge in [0.1, 0.15) is 5.82 Å². The predicted octanol–water partition coefficient (Wildman–Crippen LogP) is 0.790. The Kier molecular flexibility index (Phi) is 3.53. The number of pyridine rings is 1. The second kappa shape index (κ2) is 5.09. The monoisotopic (exact) mass is 207 g/mol. The van der Waals surface area contributed by atoms with E-state index in [2.05, 4.69) is 28.6 Å². The van der Waals surface area contributed by atoms with Gasteiger partial charge in [0, 0.05) is 25.8 Å². The quantitative estimate of drug-likeness (QED) is 0.769. The molecule has 1 aromatic rings. The number of rotatable bonds is 3. The molecule has 1 atom stereocenters. The Balaban J connectivity index is 1.84. The van der Waals surface area contributed by atoms with Crippen LogP contribution >= 0.6 is 0 Å². The van der Waals surface area contributed by atoms with Crippen LogP contribution in [0.4, 0.5) is 5.82 Å². The van der Waals surface area contributed by atoms with E-state index in [9.17, 15) is 0 Å². The van der Waals surface area contributed by atoms with E-state index < -0.39 is 0 Å². The third-order valence-corrected chi connectivity index (χ3v) is 2.51. The van der Waals surface area contributed by atoms with E-state index in [0.717, 1.165) is 32.1 Å². The third-order valence-electron chi connectivity index (χ3n) is 2.51. The van der Waals surface area contributed by atoms with Crippen molar-refractivity contribution in [2.45, 2.75) is 13.0 Å². The smallest absolute Gasteiger partial charge is 0.128 e. The number of aromatic nitrogens is 1. The van der Waals surface area contributed by atoms with Crippen molar-refractivity contribution in [1.29, 1.82) is 0 Å². The van der Waals surface area contributed by atoms with Crippen LogP contribution in [0.3, 0.4) is 0 Å². The van der Waals surface area contributed by atoms with Gasteiger partial charge in [-0.05, 0) is 18.6 Å². The Morgan fingerprint density at radius 1 is 1.67 bits per heavy atom. The summed E-state index contributed by atoms with van der Waals surface area (Å²) in [4.78, 5) is 4.28. The van der Waals surface area contributed by atoms with Crippen LogP contribution in [0, 0.1) is 6.92 Å². The summed E-state index contributed by atoms with van der Waals surface area (Å²) in [6.45, 7) is 5.53. The Morgan fingerprint density at radius 2 is 2.60 bits per heavy atom. The van der Waals surface area contributed by atoms with Gasteiger partial charge in [-0.25, -0.2) is 4.98 Å². The molecule has 1 aliphatic rings. The minimum absolute atomic E-state index is 0.250. The van der Waals surface area contributed by atoms with Crippen LogP contribution < -0.4 is 10.6 Å². The van der Waals surface area contributed by atoms with E-state index in [1.165, 1.54) is 5.56 Å². The SMILES string of the molecule is Cc1cccnc1NCC1CNCCO1. The largest absolute Gasteiger partial charge is 0.374 e. The Bertz CT molecular complexity index is 310. The van der Waals surface area contributed by atoms with Crippen molar-refractivity contribution in [2.75, 3.05) is 31.6 Å². The lowest BCUT2D eigenvalue weighted by Gasteiger charge is -2.24. The second-order valence-electron chi connectivity index (χ2n) is 3.75. The summed E-state index contributed by atoms with van der Waals surface area (Å²) in [5, 5.41) is 6.61. The average Bonchev–Trinajstić information content (AvgIpc) is 2.29. The minimum atomic E-state index is 0.250. The summed E-state index contributed by atoms with van der Waals surface area (Å²) in [6.07, 6.45) is 2.05. The number of hydrogen-bond donors (Lipinski definition) is 2. The lowest BCUT2D eigenvalue weighted by Crippen LogP contribution is -2.42. The highest BCUT2D eigenvalue weighted by molar-refractivity contribution is 5.42. The first-order valence-electron chi connectivity index (χ1n) is 5.34. The molecule has 4 nitrogen and oxygen atoms in total. The molecule has 82 valence electrons. The number of nitrogens with zero attached hydrogens (tertiary/aromatic N) is 1. The summed E-state index contributed by atoms with van der Waals surface area (Å²) in [5.41, 5.74) is 1.17. The van der Waals surface area contributed by atoms with Gasteiger partial charge in [0.2, 0.25) is 0 Å². The molecule has 0 saturated carbocycles. The van der Waals surface area contributed by atoms with Gasteiger partial charge in [-0.2, -0.15) is 0 Å². The molecule has 2 heterocycles. The van der Waals surface area contributed by atoms with E-state index in [1.54, 1.807) is 6.20 Å². The molecule has 1 aliphatic heterocycles. The molecular weight excluding hydrogens is 190 g/mol. The van der Waals surface area contributed by atoms with Crippen molar-refractivity contribution in [1.82, 2.24) is 10.3 Å². The number of hydrogen-bond acceptors (Lipinski definition) is 4. The fourth-order valence-electron chi connectivity index (χ4n) is 1.63. The first-order valence-corrected chi connectivity index (χ1v) is 5.34. The zero-order valence-electron chi connectivity index (χ0n) is 8.99. The highest BCUT2D eigenvalue weighted by Gasteiger charge is 2.12. The third kappa shape index (κ3) is 2.91. The van der Waals surface area contributed by atoms with Crippen molar-refractivity contribution in [3.8, 4) is 0 Å². The molecule has 2 N–H and O–H groups in total. The zero-order valence-corrected chi connectivity index (χ0v) is 8.99. The number of aryl methyl sites for hydroxylation is 1. The van der Waals surface area contributed by atoms with E-state index in [0.29, 0.717) is 0 Å². The lowest BCUT2D eigenvalue weighted by atomic mass is 10.2. The molecule has 1 fully saturated rings. The predicted molar refractivity (Wildman–Crippen MR) is 60.1 cm³/mol. The van der Waals surface area contributed by atoms with E-state index in [4.69, 9.17) is 4.74 Å². The molecule has 0 radical (unpaired) electrons. The number of nitrogens with one attached hydrogen (secondary N) is 2. The van der Waals surface area contributed by atoms with Crippen LogP contribution in [0.1, 0.15) is 5.56 Å². The van der Waals surface area contributed by atoms with Gasteiger partial charge in [0.15, 0.2) is 0 Å². The Hall–Kier alpha value is -1.13. The molecule has 0 spiro atoms. The average molecular weight is 207 g/mol. The molecule has 0 amide bonds. The molecule has 1 saturated heterocycles. The molecule has 1 aromatic heterocycles. The number of morpholine rings is 1. The van der Waals surface area contributed by atoms with Gasteiger partial charge in [-0.3, -0.25) is 0 Å². The molecular formula is C11H17N3O. The van der Waals surface area contributed by atoms with Crippen molar-refractivity contribution >= 4 is 5.82 Å². The maximum absolute atomic E-state index is 5.59. The molecule has 0 bridgehead atoms. The first-order chi connectivity index (χ1) is 7.36. The van der Waals surface area contributed by atoms with Crippen LogP contribution in [-0.4, -0.2) is 37.3 Å². The van der Waals surface area contributed by atoms with Gasteiger partial charge in [0.05, 0.1) is 12.7 Å². The van der Waals surface area contributed by atoms with Crippen molar-refractivity contribution in [2.24, 2.45) is 0 Å². The van der Waals surface area contributed by atoms with Crippen LogP contribution in [0.2, 0.25) is 0 Å². The van der Waals surface area contributed by atoms with Crippen molar-refractivity contribution in [3.05, 3.63) is 23.9 Å². The van der Waals surface area contributed by atoms with E-state index in [-0.39, 0.29) is 6.10 Å². The van der Waals surface area contributed by atoms with E-state index in [1.807, 2.05) is 6.07 Å². The molecule has 1 unspecified atom stereocenters. The normalized spacial score (nSPS) is 21.3. The first kappa shape index (κ1) is 10.4. The maximum Gasteiger partial charge on any atom is 0.128 e. The summed E-state index contributed by atoms with van der Waals surface area (Å²) < 4.78 is 5.59. The molecule has 15 heavy (non-hydrogen) atoms. The molecule has 4 heteroatoms. The van der Waals surface area contributed by atoms with Gasteiger partial charge >= 0.3 is 0 Å². The van der Waals surface area contributed by atoms with Crippen LogP contribution in [-0.2, 0) is 4.74 Å². The van der Waals surface area contributed by atoms with Crippen molar-refractivity contribution in [3.63, 3.8) is 0 Å². The van der Waals surface area contributed by atoms with E-state index >= 15 is 0 Å². The summed E-state index contributed by atoms with van der Waals surface area (Å²) >= 11 is 0. The van der Waals surface area contributed by atoms with Gasteiger partial charge < -0.3 is 15.4 Å². The zero-order chi connectivity index (χ0) is 10.5.